The van der Waals surface area contributed by atoms with E-state index in [1.165, 1.54) is 12.8 Å². The zero-order valence-corrected chi connectivity index (χ0v) is 4.20. The summed E-state index contributed by atoms with van der Waals surface area (Å²) in [6.45, 7) is 2.98. The van der Waals surface area contributed by atoms with E-state index in [1.807, 2.05) is 0 Å². The van der Waals surface area contributed by atoms with Gasteiger partial charge >= 0.3 is 18.9 Å². The minimum absolute atomic E-state index is 0. The molecule has 0 atom stereocenters. The van der Waals surface area contributed by atoms with E-state index in [0.717, 1.165) is 6.54 Å². The molecule has 0 unspecified atom stereocenters. The first-order chi connectivity index (χ1) is 2.41. The van der Waals surface area contributed by atoms with Gasteiger partial charge in [0.25, 0.3) is 0 Å². The molecule has 0 spiro atoms. The van der Waals surface area contributed by atoms with Crippen molar-refractivity contribution in [2.24, 2.45) is 5.73 Å². The van der Waals surface area contributed by atoms with Crippen LogP contribution in [-0.4, -0.2) is 30.9 Å². The molecule has 0 aliphatic rings. The van der Waals surface area contributed by atoms with Crippen LogP contribution in [0.5, 0.6) is 0 Å². The van der Waals surface area contributed by atoms with Crippen molar-refractivity contribution < 1.29 is 5.48 Å². The molecule has 0 radical (unpaired) electrons. The maximum absolute atomic E-state index is 5.14. The first kappa shape index (κ1) is 15.6. The maximum atomic E-state index is 5.14. The average molecular weight is 99.1 g/mol. The van der Waals surface area contributed by atoms with Gasteiger partial charge in [0, 0.05) is 0 Å². The fourth-order valence-corrected chi connectivity index (χ4v) is 0.204. The van der Waals surface area contributed by atoms with Crippen molar-refractivity contribution in [1.29, 1.82) is 0 Å². The first-order valence-corrected chi connectivity index (χ1v) is 2.12. The third kappa shape index (κ3) is 21.0. The van der Waals surface area contributed by atoms with Crippen molar-refractivity contribution in [2.45, 2.75) is 19.8 Å². The van der Waals surface area contributed by atoms with Gasteiger partial charge in [-0.15, -0.1) is 0 Å². The Hall–Kier alpha value is 0.517. The number of rotatable bonds is 2. The van der Waals surface area contributed by atoms with Gasteiger partial charge in [-0.05, 0) is 13.0 Å². The molecule has 0 rings (SSSR count). The van der Waals surface area contributed by atoms with E-state index in [1.54, 1.807) is 0 Å². The molecule has 0 bridgehead atoms. The predicted octanol–water partition coefficient (Wildman–Crippen LogP) is -0.728. The van der Waals surface area contributed by atoms with Crippen LogP contribution in [0.4, 0.5) is 0 Å². The van der Waals surface area contributed by atoms with Crippen LogP contribution >= 0.6 is 0 Å². The van der Waals surface area contributed by atoms with Gasteiger partial charge in [0.2, 0.25) is 0 Å². The van der Waals surface area contributed by atoms with Crippen molar-refractivity contribution >= 4 is 18.9 Å². The van der Waals surface area contributed by atoms with Gasteiger partial charge in [-0.25, -0.2) is 0 Å². The fraction of sp³-hybridized carbons (Fsp3) is 1.00. The second kappa shape index (κ2) is 16.0. The normalized spacial score (nSPS) is 6.00. The van der Waals surface area contributed by atoms with Crippen LogP contribution in [0.25, 0.3) is 0 Å². The quantitative estimate of drug-likeness (QED) is 0.456. The van der Waals surface area contributed by atoms with Gasteiger partial charge in [0.15, 0.2) is 0 Å². The Labute approximate surface area is 57.0 Å². The zero-order valence-electron chi connectivity index (χ0n) is 4.20. The predicted molar refractivity (Wildman–Crippen MR) is 34.7 cm³/mol. The molecule has 0 aromatic heterocycles. The van der Waals surface area contributed by atoms with E-state index in [4.69, 9.17) is 5.73 Å². The number of nitrogens with two attached hydrogens (primary N) is 1. The molecule has 0 aliphatic heterocycles. The Morgan fingerprint density at radius 1 is 1.43 bits per heavy atom. The summed E-state index contributed by atoms with van der Waals surface area (Å²) in [4.78, 5) is 0. The van der Waals surface area contributed by atoms with Crippen LogP contribution in [0.3, 0.4) is 0 Å². The second-order valence-corrected chi connectivity index (χ2v) is 1.14. The van der Waals surface area contributed by atoms with Crippen LogP contribution in [0.15, 0.2) is 0 Å². The zero-order chi connectivity index (χ0) is 4.12. The fourth-order valence-electron chi connectivity index (χ4n) is 0.204. The van der Waals surface area contributed by atoms with Crippen LogP contribution in [0.1, 0.15) is 19.8 Å². The summed E-state index contributed by atoms with van der Waals surface area (Å²) in [6.07, 6.45) is 2.39. The van der Waals surface area contributed by atoms with Gasteiger partial charge in [-0.2, -0.15) is 0 Å². The second-order valence-electron chi connectivity index (χ2n) is 1.14. The van der Waals surface area contributed by atoms with Gasteiger partial charge in [-0.3, -0.25) is 0 Å². The number of unbranched alkanes of at least 4 members (excludes halogenated alkanes) is 1. The summed E-state index contributed by atoms with van der Waals surface area (Å²) in [7, 11) is 0. The average Bonchev–Trinajstić information content (AvgIpc) is 1.41. The van der Waals surface area contributed by atoms with Crippen LogP contribution in [-0.2, 0) is 0 Å². The van der Waals surface area contributed by atoms with Gasteiger partial charge in [0.05, 0.1) is 0 Å². The Morgan fingerprint density at radius 3 is 1.86 bits per heavy atom. The third-order valence-electron chi connectivity index (χ3n) is 0.558. The molecule has 0 amide bonds. The molecular weight excluding hydrogens is 85.0 g/mol. The first-order valence-electron chi connectivity index (χ1n) is 2.12. The molecule has 4 N–H and O–H groups in total. The molecule has 3 heteroatoms. The van der Waals surface area contributed by atoms with Crippen LogP contribution < -0.4 is 5.73 Å². The molecule has 0 aliphatic carbocycles. The van der Waals surface area contributed by atoms with Gasteiger partial charge in [-0.1, -0.05) is 13.3 Å². The van der Waals surface area contributed by atoms with Crippen molar-refractivity contribution in [2.75, 3.05) is 6.54 Å². The van der Waals surface area contributed by atoms with Gasteiger partial charge < -0.3 is 11.2 Å². The topological polar surface area (TPSA) is 57.5 Å². The van der Waals surface area contributed by atoms with E-state index in [-0.39, 0.29) is 24.3 Å². The van der Waals surface area contributed by atoms with E-state index < -0.39 is 0 Å². The van der Waals surface area contributed by atoms with E-state index in [2.05, 4.69) is 6.92 Å². The van der Waals surface area contributed by atoms with E-state index >= 15 is 0 Å². The van der Waals surface area contributed by atoms with Crippen molar-refractivity contribution in [3.8, 4) is 0 Å². The molecule has 0 heterocycles. The third-order valence-corrected chi connectivity index (χ3v) is 0.558. The molecule has 42 valence electrons. The molecule has 2 nitrogen and oxygen atoms in total. The standard InChI is InChI=1S/C4H11N.Li.H2O.H/c1-2-3-4-5;;;/h2-5H2,1H3;;1H2;. The van der Waals surface area contributed by atoms with E-state index in [0.29, 0.717) is 0 Å². The van der Waals surface area contributed by atoms with Crippen molar-refractivity contribution in [3.05, 3.63) is 0 Å². The Morgan fingerprint density at radius 2 is 1.86 bits per heavy atom. The number of hydrogen-bond donors (Lipinski definition) is 1. The van der Waals surface area contributed by atoms with Crippen molar-refractivity contribution in [3.63, 3.8) is 0 Å². The summed E-state index contributed by atoms with van der Waals surface area (Å²) in [6, 6.07) is 0. The molecule has 0 aromatic carbocycles. The summed E-state index contributed by atoms with van der Waals surface area (Å²) in [5.41, 5.74) is 5.14. The van der Waals surface area contributed by atoms with E-state index in [9.17, 15) is 0 Å². The van der Waals surface area contributed by atoms with Crippen molar-refractivity contribution in [1.82, 2.24) is 0 Å². The molecule has 7 heavy (non-hydrogen) atoms. The van der Waals surface area contributed by atoms with Crippen LogP contribution in [0, 0.1) is 0 Å². The Balaban J connectivity index is -0.0000000800. The molecule has 0 fully saturated rings. The molecule has 0 aromatic rings. The monoisotopic (exact) mass is 99.1 g/mol. The minimum atomic E-state index is 0. The molecule has 0 saturated carbocycles. The Kier molecular flexibility index (Phi) is 35.8. The Bertz CT molecular complexity index is 19.2. The summed E-state index contributed by atoms with van der Waals surface area (Å²) in [5.74, 6) is 0. The summed E-state index contributed by atoms with van der Waals surface area (Å²) >= 11 is 0. The van der Waals surface area contributed by atoms with Crippen LogP contribution in [0.2, 0.25) is 0 Å². The molecule has 0 saturated heterocycles. The van der Waals surface area contributed by atoms with Gasteiger partial charge in [0.1, 0.15) is 0 Å². The number of hydrogen-bond acceptors (Lipinski definition) is 1. The molecular formula is C4H14LiNO. The SMILES string of the molecule is CCCCN.O.[LiH]. The summed E-state index contributed by atoms with van der Waals surface area (Å²) in [5, 5.41) is 0. The summed E-state index contributed by atoms with van der Waals surface area (Å²) < 4.78 is 0.